The minimum Gasteiger partial charge on any atom is -0.493 e. The van der Waals surface area contributed by atoms with Crippen molar-refractivity contribution in [2.24, 2.45) is 0 Å². The molecular formula is C19H17NO5. The van der Waals surface area contributed by atoms with E-state index in [1.807, 2.05) is 0 Å². The molecular weight excluding hydrogens is 322 g/mol. The number of aromatic carboxylic acids is 1. The number of ether oxygens (including phenoxy) is 2. The van der Waals surface area contributed by atoms with E-state index in [1.54, 1.807) is 36.4 Å². The van der Waals surface area contributed by atoms with Crippen molar-refractivity contribution in [3.8, 4) is 11.5 Å². The molecule has 6 heteroatoms. The predicted molar refractivity (Wildman–Crippen MR) is 94.9 cm³/mol. The molecule has 128 valence electrons. The molecule has 0 aromatic heterocycles. The highest BCUT2D eigenvalue weighted by Gasteiger charge is 2.10. The highest BCUT2D eigenvalue weighted by molar-refractivity contribution is 6.06. The number of nitrogens with one attached hydrogen (secondary N) is 1. The summed E-state index contributed by atoms with van der Waals surface area (Å²) in [6, 6.07) is 11.3. The zero-order chi connectivity index (χ0) is 18.2. The van der Waals surface area contributed by atoms with E-state index >= 15 is 0 Å². The average molecular weight is 339 g/mol. The maximum absolute atomic E-state index is 12.0. The van der Waals surface area contributed by atoms with Crippen LogP contribution in [0.25, 0.3) is 6.08 Å². The molecule has 2 rings (SSSR count). The second-order valence-electron chi connectivity index (χ2n) is 4.87. The summed E-state index contributed by atoms with van der Waals surface area (Å²) in [4.78, 5) is 23.2. The Morgan fingerprint density at radius 1 is 1.16 bits per heavy atom. The Morgan fingerprint density at radius 2 is 1.92 bits per heavy atom. The van der Waals surface area contributed by atoms with E-state index in [1.165, 1.54) is 31.6 Å². The van der Waals surface area contributed by atoms with E-state index in [9.17, 15) is 9.59 Å². The summed E-state index contributed by atoms with van der Waals surface area (Å²) >= 11 is 0. The van der Waals surface area contributed by atoms with Crippen LogP contribution < -0.4 is 14.8 Å². The van der Waals surface area contributed by atoms with Gasteiger partial charge in [-0.1, -0.05) is 24.8 Å². The maximum Gasteiger partial charge on any atom is 0.337 e. The van der Waals surface area contributed by atoms with Gasteiger partial charge in [-0.25, -0.2) is 4.79 Å². The number of carboxylic acids is 1. The summed E-state index contributed by atoms with van der Waals surface area (Å²) in [7, 11) is 1.52. The van der Waals surface area contributed by atoms with E-state index in [2.05, 4.69) is 11.9 Å². The van der Waals surface area contributed by atoms with Crippen molar-refractivity contribution >= 4 is 23.6 Å². The van der Waals surface area contributed by atoms with Gasteiger partial charge in [0, 0.05) is 6.08 Å². The van der Waals surface area contributed by atoms with Crippen molar-refractivity contribution in [3.63, 3.8) is 0 Å². The van der Waals surface area contributed by atoms with E-state index in [4.69, 9.17) is 14.6 Å². The monoisotopic (exact) mass is 339 g/mol. The van der Waals surface area contributed by atoms with Crippen LogP contribution in [0.4, 0.5) is 5.69 Å². The van der Waals surface area contributed by atoms with Gasteiger partial charge in [0.2, 0.25) is 5.91 Å². The second-order valence-corrected chi connectivity index (χ2v) is 4.87. The number of rotatable bonds is 7. The molecule has 0 heterocycles. The lowest BCUT2D eigenvalue weighted by molar-refractivity contribution is -0.111. The molecule has 0 aliphatic rings. The lowest BCUT2D eigenvalue weighted by atomic mass is 10.1. The second kappa shape index (κ2) is 8.35. The summed E-state index contributed by atoms with van der Waals surface area (Å²) in [6.07, 6.45) is 4.16. The van der Waals surface area contributed by atoms with Crippen molar-refractivity contribution in [1.29, 1.82) is 0 Å². The number of amides is 1. The molecule has 6 nitrogen and oxygen atoms in total. The van der Waals surface area contributed by atoms with Crippen molar-refractivity contribution in [3.05, 3.63) is 72.5 Å². The summed E-state index contributed by atoms with van der Waals surface area (Å²) in [5.74, 6) is -0.551. The molecule has 1 amide bonds. The first-order valence-corrected chi connectivity index (χ1v) is 7.32. The number of carbonyl (C=O) groups is 2. The maximum atomic E-state index is 12.0. The molecule has 0 aliphatic heterocycles. The number of carbonyl (C=O) groups excluding carboxylic acids is 1. The van der Waals surface area contributed by atoms with Crippen molar-refractivity contribution < 1.29 is 24.2 Å². The molecule has 0 atom stereocenters. The summed E-state index contributed by atoms with van der Waals surface area (Å²) in [5, 5.41) is 11.7. The topological polar surface area (TPSA) is 84.9 Å². The Hall–Kier alpha value is -3.54. The van der Waals surface area contributed by atoms with Gasteiger partial charge in [0.1, 0.15) is 0 Å². The number of para-hydroxylation sites is 1. The summed E-state index contributed by atoms with van der Waals surface area (Å²) in [6.45, 7) is 3.50. The van der Waals surface area contributed by atoms with Crippen LogP contribution in [-0.2, 0) is 4.79 Å². The van der Waals surface area contributed by atoms with Gasteiger partial charge in [-0.05, 0) is 35.9 Å². The van der Waals surface area contributed by atoms with Crippen LogP contribution >= 0.6 is 0 Å². The zero-order valence-electron chi connectivity index (χ0n) is 13.6. The van der Waals surface area contributed by atoms with E-state index < -0.39 is 11.9 Å². The lowest BCUT2D eigenvalue weighted by Gasteiger charge is -2.08. The quantitative estimate of drug-likeness (QED) is 0.595. The van der Waals surface area contributed by atoms with Gasteiger partial charge in [-0.3, -0.25) is 4.79 Å². The first-order chi connectivity index (χ1) is 12.0. The Bertz CT molecular complexity index is 826. The fraction of sp³-hybridized carbons (Fsp3) is 0.0526. The lowest BCUT2D eigenvalue weighted by Crippen LogP contribution is -2.11. The number of carboxylic acid groups (broad SMARTS) is 1. The number of hydrogen-bond acceptors (Lipinski definition) is 4. The molecule has 2 aromatic carbocycles. The molecule has 0 fully saturated rings. The molecule has 2 N–H and O–H groups in total. The fourth-order valence-corrected chi connectivity index (χ4v) is 2.10. The van der Waals surface area contributed by atoms with E-state index in [-0.39, 0.29) is 11.3 Å². The van der Waals surface area contributed by atoms with Crippen LogP contribution in [0.2, 0.25) is 0 Å². The number of methoxy groups -OCH3 is 1. The van der Waals surface area contributed by atoms with Gasteiger partial charge in [0.25, 0.3) is 0 Å². The Kier molecular flexibility index (Phi) is 5.95. The van der Waals surface area contributed by atoms with Gasteiger partial charge >= 0.3 is 5.97 Å². The van der Waals surface area contributed by atoms with Crippen LogP contribution in [0.1, 0.15) is 15.9 Å². The van der Waals surface area contributed by atoms with Crippen molar-refractivity contribution in [2.75, 3.05) is 12.4 Å². The van der Waals surface area contributed by atoms with Gasteiger partial charge in [0.15, 0.2) is 11.5 Å². The molecule has 0 bridgehead atoms. The van der Waals surface area contributed by atoms with E-state index in [0.717, 1.165) is 0 Å². The van der Waals surface area contributed by atoms with Gasteiger partial charge in [-0.2, -0.15) is 0 Å². The molecule has 0 saturated carbocycles. The normalized spacial score (nSPS) is 10.3. The Labute approximate surface area is 145 Å². The summed E-state index contributed by atoms with van der Waals surface area (Å²) in [5.41, 5.74) is 0.963. The number of benzene rings is 2. The van der Waals surface area contributed by atoms with Gasteiger partial charge < -0.3 is 19.9 Å². The van der Waals surface area contributed by atoms with Crippen molar-refractivity contribution in [1.82, 2.24) is 0 Å². The minimum atomic E-state index is -1.11. The Balaban J connectivity index is 2.14. The van der Waals surface area contributed by atoms with Crippen LogP contribution in [0, 0.1) is 0 Å². The summed E-state index contributed by atoms with van der Waals surface area (Å²) < 4.78 is 10.4. The third kappa shape index (κ3) is 4.71. The average Bonchev–Trinajstić information content (AvgIpc) is 2.61. The predicted octanol–water partition coefficient (Wildman–Crippen LogP) is 3.57. The van der Waals surface area contributed by atoms with Crippen LogP contribution in [0.3, 0.4) is 0 Å². The highest BCUT2D eigenvalue weighted by atomic mass is 16.5. The third-order valence-electron chi connectivity index (χ3n) is 3.24. The fourth-order valence-electron chi connectivity index (χ4n) is 2.10. The molecule has 2 aromatic rings. The molecule has 0 saturated heterocycles. The first-order valence-electron chi connectivity index (χ1n) is 7.32. The first kappa shape index (κ1) is 17.8. The highest BCUT2D eigenvalue weighted by Crippen LogP contribution is 2.28. The van der Waals surface area contributed by atoms with Gasteiger partial charge in [-0.15, -0.1) is 0 Å². The van der Waals surface area contributed by atoms with Crippen LogP contribution in [0.15, 0.2) is 61.4 Å². The Morgan fingerprint density at radius 3 is 2.60 bits per heavy atom. The zero-order valence-corrected chi connectivity index (χ0v) is 13.6. The molecule has 0 spiro atoms. The van der Waals surface area contributed by atoms with E-state index in [0.29, 0.717) is 17.1 Å². The number of hydrogen-bond donors (Lipinski definition) is 2. The molecule has 25 heavy (non-hydrogen) atoms. The third-order valence-corrected chi connectivity index (χ3v) is 3.24. The largest absolute Gasteiger partial charge is 0.493 e. The number of anilines is 1. The SMILES string of the molecule is C=COc1cc(/C=C/C(=O)Nc2ccccc2C(=O)O)ccc1OC. The smallest absolute Gasteiger partial charge is 0.337 e. The minimum absolute atomic E-state index is 0.0235. The van der Waals surface area contributed by atoms with Crippen LogP contribution in [0.5, 0.6) is 11.5 Å². The van der Waals surface area contributed by atoms with Crippen LogP contribution in [-0.4, -0.2) is 24.1 Å². The molecule has 0 unspecified atom stereocenters. The standard InChI is InChI=1S/C19H17NO5/c1-3-25-17-12-13(8-10-16(17)24-2)9-11-18(21)20-15-7-5-4-6-14(15)19(22)23/h3-12H,1H2,2H3,(H,20,21)(H,22,23)/b11-9+. The van der Waals surface area contributed by atoms with Gasteiger partial charge in [0.05, 0.1) is 24.6 Å². The molecule has 0 radical (unpaired) electrons. The van der Waals surface area contributed by atoms with Crippen molar-refractivity contribution in [2.45, 2.75) is 0 Å². The molecule has 0 aliphatic carbocycles.